The van der Waals surface area contributed by atoms with Gasteiger partial charge in [-0.25, -0.2) is 4.79 Å². The van der Waals surface area contributed by atoms with Crippen molar-refractivity contribution in [3.8, 4) is 0 Å². The Morgan fingerprint density at radius 2 is 2.29 bits per heavy atom. The van der Waals surface area contributed by atoms with E-state index >= 15 is 0 Å². The smallest absolute Gasteiger partial charge is 0.408 e. The van der Waals surface area contributed by atoms with Gasteiger partial charge in [-0.3, -0.25) is 0 Å². The summed E-state index contributed by atoms with van der Waals surface area (Å²) in [5.74, 6) is 0. The highest BCUT2D eigenvalue weighted by atomic mass is 16.6. The monoisotopic (exact) mass is 203 g/mol. The summed E-state index contributed by atoms with van der Waals surface area (Å²) in [6, 6.07) is -0.234. The summed E-state index contributed by atoms with van der Waals surface area (Å²) < 4.78 is 4.87. The largest absolute Gasteiger partial charge is 0.438 e. The van der Waals surface area contributed by atoms with E-state index in [1.165, 1.54) is 0 Å². The van der Waals surface area contributed by atoms with Gasteiger partial charge in [-0.05, 0) is 6.42 Å². The van der Waals surface area contributed by atoms with Crippen molar-refractivity contribution < 1.29 is 24.9 Å². The minimum absolute atomic E-state index is 0.234. The van der Waals surface area contributed by atoms with Crippen LogP contribution in [0.3, 0.4) is 0 Å². The number of nitrogens with one attached hydrogen (secondary N) is 1. The molecule has 1 aliphatic heterocycles. The van der Waals surface area contributed by atoms with Crippen LogP contribution in [0.4, 0.5) is 4.79 Å². The number of ether oxygens (including phenoxy) is 1. The zero-order valence-electron chi connectivity index (χ0n) is 7.51. The van der Waals surface area contributed by atoms with E-state index in [1.54, 1.807) is 0 Å². The van der Waals surface area contributed by atoms with Gasteiger partial charge < -0.3 is 25.4 Å². The number of carbonyl (C=O) groups excluding carboxylic acids is 1. The Bertz CT molecular complexity index is 258. The van der Waals surface area contributed by atoms with Crippen molar-refractivity contribution in [3.63, 3.8) is 0 Å². The van der Waals surface area contributed by atoms with Crippen molar-refractivity contribution >= 4 is 6.09 Å². The van der Waals surface area contributed by atoms with E-state index in [2.05, 4.69) is 5.32 Å². The number of amides is 1. The Morgan fingerprint density at radius 3 is 2.93 bits per heavy atom. The first-order chi connectivity index (χ1) is 6.57. The van der Waals surface area contributed by atoms with Gasteiger partial charge >= 0.3 is 6.09 Å². The predicted molar refractivity (Wildman–Crippen MR) is 44.5 cm³/mol. The topological polar surface area (TPSA) is 99.0 Å². The first-order valence-corrected chi connectivity index (χ1v) is 4.54. The summed E-state index contributed by atoms with van der Waals surface area (Å²) in [5.41, 5.74) is -1.33. The zero-order valence-corrected chi connectivity index (χ0v) is 7.51. The van der Waals surface area contributed by atoms with E-state index in [9.17, 15) is 15.0 Å². The molecule has 1 amide bonds. The number of alkyl carbamates (subject to hydrolysis) is 1. The normalized spacial score (nSPS) is 46.8. The molecule has 4 atom stereocenters. The fraction of sp³-hybridized carbons (Fsp3) is 0.875. The summed E-state index contributed by atoms with van der Waals surface area (Å²) in [6.07, 6.45) is -2.22. The maximum atomic E-state index is 11.1. The maximum Gasteiger partial charge on any atom is 0.408 e. The number of aliphatic hydroxyl groups is 3. The van der Waals surface area contributed by atoms with Crippen LogP contribution in [0.2, 0.25) is 0 Å². The molecule has 0 aromatic rings. The molecule has 1 saturated heterocycles. The molecule has 80 valence electrons. The summed E-state index contributed by atoms with van der Waals surface area (Å²) in [7, 11) is 0. The first kappa shape index (κ1) is 9.70. The van der Waals surface area contributed by atoms with E-state index in [1.807, 2.05) is 0 Å². The summed E-state index contributed by atoms with van der Waals surface area (Å²) in [6.45, 7) is -0.477. The van der Waals surface area contributed by atoms with Gasteiger partial charge in [-0.15, -0.1) is 0 Å². The molecule has 2 fully saturated rings. The molecule has 0 aromatic carbocycles. The molecule has 1 aliphatic carbocycles. The van der Waals surface area contributed by atoms with Gasteiger partial charge in [-0.2, -0.15) is 0 Å². The Kier molecular flexibility index (Phi) is 2.13. The number of rotatable bonds is 1. The average Bonchev–Trinajstić information content (AvgIpc) is 2.13. The third kappa shape index (κ3) is 1.26. The molecule has 4 N–H and O–H groups in total. The van der Waals surface area contributed by atoms with Crippen LogP contribution in [0.1, 0.15) is 12.8 Å². The van der Waals surface area contributed by atoms with E-state index < -0.39 is 30.5 Å². The highest BCUT2D eigenvalue weighted by Crippen LogP contribution is 2.35. The lowest BCUT2D eigenvalue weighted by Gasteiger charge is -2.48. The van der Waals surface area contributed by atoms with Crippen LogP contribution in [0, 0.1) is 0 Å². The van der Waals surface area contributed by atoms with E-state index in [4.69, 9.17) is 9.84 Å². The fourth-order valence-corrected chi connectivity index (χ4v) is 2.18. The first-order valence-electron chi connectivity index (χ1n) is 4.54. The van der Waals surface area contributed by atoms with Crippen LogP contribution in [0.15, 0.2) is 0 Å². The van der Waals surface area contributed by atoms with Crippen molar-refractivity contribution in [2.24, 2.45) is 0 Å². The Hall–Kier alpha value is -0.850. The zero-order chi connectivity index (χ0) is 10.3. The van der Waals surface area contributed by atoms with Crippen LogP contribution >= 0.6 is 0 Å². The number of aliphatic hydroxyl groups excluding tert-OH is 3. The molecule has 2 aliphatic rings. The van der Waals surface area contributed by atoms with Gasteiger partial charge in [-0.1, -0.05) is 0 Å². The SMILES string of the molecule is O=C1N[C@@H]2CC(O)[C@H](O)C(CO)(C2)O1. The Balaban J connectivity index is 2.27. The highest BCUT2D eigenvalue weighted by molar-refractivity contribution is 5.69. The van der Waals surface area contributed by atoms with E-state index in [0.717, 1.165) is 0 Å². The Labute approximate surface area is 80.5 Å². The van der Waals surface area contributed by atoms with Gasteiger partial charge in [0.15, 0.2) is 5.60 Å². The molecule has 1 heterocycles. The van der Waals surface area contributed by atoms with Crippen molar-refractivity contribution in [2.45, 2.75) is 36.7 Å². The summed E-state index contributed by atoms with van der Waals surface area (Å²) in [4.78, 5) is 11.1. The molecule has 0 aromatic heterocycles. The van der Waals surface area contributed by atoms with Crippen molar-refractivity contribution in [1.82, 2.24) is 5.32 Å². The highest BCUT2D eigenvalue weighted by Gasteiger charge is 2.53. The van der Waals surface area contributed by atoms with Crippen LogP contribution in [-0.2, 0) is 4.74 Å². The lowest BCUT2D eigenvalue weighted by molar-refractivity contribution is -0.188. The number of hydrogen-bond donors (Lipinski definition) is 4. The lowest BCUT2D eigenvalue weighted by Crippen LogP contribution is -2.67. The average molecular weight is 203 g/mol. The predicted octanol–water partition coefficient (Wildman–Crippen LogP) is -1.66. The standard InChI is InChI=1S/C8H13NO5/c10-3-8-2-4(9-7(13)14-8)1-5(11)6(8)12/h4-6,10-12H,1-3H2,(H,9,13)/t4-,5?,6+,8?/m1/s1. The van der Waals surface area contributed by atoms with Gasteiger partial charge in [0.2, 0.25) is 0 Å². The molecule has 2 bridgehead atoms. The minimum atomic E-state index is -1.33. The van der Waals surface area contributed by atoms with E-state index in [0.29, 0.717) is 6.42 Å². The van der Waals surface area contributed by atoms with Crippen molar-refractivity contribution in [1.29, 1.82) is 0 Å². The number of carbonyl (C=O) groups is 1. The number of hydrogen-bond acceptors (Lipinski definition) is 5. The van der Waals surface area contributed by atoms with Gasteiger partial charge in [0, 0.05) is 12.5 Å². The summed E-state index contributed by atoms with van der Waals surface area (Å²) >= 11 is 0. The Morgan fingerprint density at radius 1 is 1.57 bits per heavy atom. The van der Waals surface area contributed by atoms with Crippen molar-refractivity contribution in [2.75, 3.05) is 6.61 Å². The molecule has 0 radical (unpaired) electrons. The molecule has 0 spiro atoms. The van der Waals surface area contributed by atoms with Crippen LogP contribution in [0.5, 0.6) is 0 Å². The third-order valence-electron chi connectivity index (χ3n) is 2.91. The molecule has 2 unspecified atom stereocenters. The van der Waals surface area contributed by atoms with Gasteiger partial charge in [0.25, 0.3) is 0 Å². The van der Waals surface area contributed by atoms with E-state index in [-0.39, 0.29) is 12.5 Å². The van der Waals surface area contributed by atoms with Gasteiger partial charge in [0.1, 0.15) is 6.10 Å². The summed E-state index contributed by atoms with van der Waals surface area (Å²) in [5, 5.41) is 30.8. The van der Waals surface area contributed by atoms with Crippen LogP contribution in [0.25, 0.3) is 0 Å². The lowest BCUT2D eigenvalue weighted by atomic mass is 9.77. The quantitative estimate of drug-likeness (QED) is 0.409. The van der Waals surface area contributed by atoms with Gasteiger partial charge in [0.05, 0.1) is 12.7 Å². The molecular formula is C8H13NO5. The maximum absolute atomic E-state index is 11.1. The molecule has 2 rings (SSSR count). The second-order valence-corrected chi connectivity index (χ2v) is 3.91. The fourth-order valence-electron chi connectivity index (χ4n) is 2.18. The number of fused-ring (bicyclic) bond motifs is 2. The van der Waals surface area contributed by atoms with Crippen LogP contribution < -0.4 is 5.32 Å². The molecule has 6 nitrogen and oxygen atoms in total. The third-order valence-corrected chi connectivity index (χ3v) is 2.91. The molecule has 6 heteroatoms. The molecule has 1 saturated carbocycles. The molecular weight excluding hydrogens is 190 g/mol. The second kappa shape index (κ2) is 3.08. The second-order valence-electron chi connectivity index (χ2n) is 3.91. The van der Waals surface area contributed by atoms with Crippen molar-refractivity contribution in [3.05, 3.63) is 0 Å². The molecule has 14 heavy (non-hydrogen) atoms. The minimum Gasteiger partial charge on any atom is -0.438 e. The van der Waals surface area contributed by atoms with Crippen LogP contribution in [-0.4, -0.2) is 51.9 Å².